The summed E-state index contributed by atoms with van der Waals surface area (Å²) in [6.45, 7) is 1.72. The Kier molecular flexibility index (Phi) is 4.99. The molecule has 6 nitrogen and oxygen atoms in total. The fourth-order valence-electron chi connectivity index (χ4n) is 2.59. The second-order valence-corrected chi connectivity index (χ2v) is 7.63. The Morgan fingerprint density at radius 2 is 2.09 bits per heavy atom. The molecule has 0 spiro atoms. The third kappa shape index (κ3) is 3.21. The number of hydrogen-bond acceptors (Lipinski definition) is 4. The number of hydrogen-bond donors (Lipinski definition) is 1. The molecule has 0 bridgehead atoms. The van der Waals surface area contributed by atoms with E-state index in [1.165, 1.54) is 23.5 Å². The van der Waals surface area contributed by atoms with E-state index in [1.807, 2.05) is 0 Å². The zero-order chi connectivity index (χ0) is 16.5. The Morgan fingerprint density at radius 1 is 1.41 bits per heavy atom. The van der Waals surface area contributed by atoms with Crippen molar-refractivity contribution >= 4 is 27.6 Å². The normalized spacial score (nSPS) is 23.2. The molecule has 122 valence electrons. The number of rotatable bonds is 4. The lowest BCUT2D eigenvalue weighted by molar-refractivity contribution is -0.143. The second kappa shape index (κ2) is 6.44. The summed E-state index contributed by atoms with van der Waals surface area (Å²) in [6, 6.07) is 4.08. The average Bonchev–Trinajstić information content (AvgIpc) is 2.47. The van der Waals surface area contributed by atoms with Crippen LogP contribution in [0, 0.1) is 5.92 Å². The van der Waals surface area contributed by atoms with E-state index < -0.39 is 21.9 Å². The van der Waals surface area contributed by atoms with Crippen molar-refractivity contribution in [1.29, 1.82) is 0 Å². The SMILES string of the molecule is COc1ccc(Cl)cc1S(=O)(=O)N1CC(C(=O)O)CCC1C. The van der Waals surface area contributed by atoms with Crippen LogP contribution in [-0.4, -0.2) is 43.5 Å². The van der Waals surface area contributed by atoms with Crippen LogP contribution in [0.2, 0.25) is 5.02 Å². The summed E-state index contributed by atoms with van der Waals surface area (Å²) in [5.74, 6) is -1.49. The van der Waals surface area contributed by atoms with Gasteiger partial charge in [0, 0.05) is 17.6 Å². The first-order chi connectivity index (χ1) is 10.3. The lowest BCUT2D eigenvalue weighted by Crippen LogP contribution is -2.47. The first-order valence-electron chi connectivity index (χ1n) is 6.85. The van der Waals surface area contributed by atoms with E-state index in [9.17, 15) is 13.2 Å². The summed E-state index contributed by atoms with van der Waals surface area (Å²) in [5.41, 5.74) is 0. The molecule has 1 heterocycles. The molecule has 0 saturated carbocycles. The first kappa shape index (κ1) is 17.1. The number of nitrogens with zero attached hydrogens (tertiary/aromatic N) is 1. The molecule has 2 rings (SSSR count). The van der Waals surface area contributed by atoms with Gasteiger partial charge in [-0.15, -0.1) is 0 Å². The quantitative estimate of drug-likeness (QED) is 0.902. The second-order valence-electron chi connectivity index (χ2n) is 5.33. The first-order valence-corrected chi connectivity index (χ1v) is 8.67. The van der Waals surface area contributed by atoms with Crippen LogP contribution in [0.3, 0.4) is 0 Å². The smallest absolute Gasteiger partial charge is 0.307 e. The van der Waals surface area contributed by atoms with Crippen molar-refractivity contribution < 1.29 is 23.1 Å². The summed E-state index contributed by atoms with van der Waals surface area (Å²) >= 11 is 5.90. The Bertz CT molecular complexity index is 676. The van der Waals surface area contributed by atoms with Crippen LogP contribution in [0.5, 0.6) is 5.75 Å². The van der Waals surface area contributed by atoms with E-state index in [-0.39, 0.29) is 28.3 Å². The molecule has 0 aromatic heterocycles. The fourth-order valence-corrected chi connectivity index (χ4v) is 4.72. The third-order valence-electron chi connectivity index (χ3n) is 3.89. The lowest BCUT2D eigenvalue weighted by atomic mass is 9.96. The molecular weight excluding hydrogens is 330 g/mol. The van der Waals surface area contributed by atoms with Gasteiger partial charge >= 0.3 is 5.97 Å². The van der Waals surface area contributed by atoms with Gasteiger partial charge in [-0.1, -0.05) is 11.6 Å². The largest absolute Gasteiger partial charge is 0.495 e. The molecule has 1 aliphatic rings. The highest BCUT2D eigenvalue weighted by molar-refractivity contribution is 7.89. The highest BCUT2D eigenvalue weighted by atomic mass is 35.5. The molecule has 0 aliphatic carbocycles. The molecule has 1 N–H and O–H groups in total. The van der Waals surface area contributed by atoms with E-state index in [0.29, 0.717) is 12.8 Å². The van der Waals surface area contributed by atoms with Crippen LogP contribution in [0.1, 0.15) is 19.8 Å². The van der Waals surface area contributed by atoms with Crippen molar-refractivity contribution in [1.82, 2.24) is 4.31 Å². The number of carbonyl (C=O) groups is 1. The van der Waals surface area contributed by atoms with Crippen molar-refractivity contribution in [2.75, 3.05) is 13.7 Å². The van der Waals surface area contributed by atoms with E-state index in [0.717, 1.165) is 0 Å². The number of piperidine rings is 1. The third-order valence-corrected chi connectivity index (χ3v) is 6.12. The number of halogens is 1. The van der Waals surface area contributed by atoms with Crippen LogP contribution in [0.4, 0.5) is 0 Å². The molecule has 22 heavy (non-hydrogen) atoms. The summed E-state index contributed by atoms with van der Waals surface area (Å²) in [5, 5.41) is 9.43. The number of carboxylic acid groups (broad SMARTS) is 1. The number of aliphatic carboxylic acids is 1. The van der Waals surface area contributed by atoms with Crippen molar-refractivity contribution in [3.8, 4) is 5.75 Å². The molecule has 1 aliphatic heterocycles. The lowest BCUT2D eigenvalue weighted by Gasteiger charge is -2.35. The molecule has 0 amide bonds. The maximum atomic E-state index is 12.9. The molecule has 8 heteroatoms. The molecule has 2 unspecified atom stereocenters. The van der Waals surface area contributed by atoms with E-state index in [2.05, 4.69) is 0 Å². The summed E-state index contributed by atoms with van der Waals surface area (Å²) in [6.07, 6.45) is 0.967. The highest BCUT2D eigenvalue weighted by Crippen LogP contribution is 2.34. The summed E-state index contributed by atoms with van der Waals surface area (Å²) in [4.78, 5) is 11.1. The van der Waals surface area contributed by atoms with E-state index in [4.69, 9.17) is 21.4 Å². The van der Waals surface area contributed by atoms with Crippen molar-refractivity contribution in [3.05, 3.63) is 23.2 Å². The molecule has 1 aromatic carbocycles. The standard InChI is InChI=1S/C14H18ClNO5S/c1-9-3-4-10(14(17)18)8-16(9)22(19,20)13-7-11(15)5-6-12(13)21-2/h5-7,9-10H,3-4,8H2,1-2H3,(H,17,18). The van der Waals surface area contributed by atoms with Crippen molar-refractivity contribution in [3.63, 3.8) is 0 Å². The van der Waals surface area contributed by atoms with Gasteiger partial charge in [0.15, 0.2) is 0 Å². The van der Waals surface area contributed by atoms with Gasteiger partial charge in [-0.2, -0.15) is 4.31 Å². The molecule has 2 atom stereocenters. The van der Waals surface area contributed by atoms with Gasteiger partial charge in [-0.3, -0.25) is 4.79 Å². The van der Waals surface area contributed by atoms with Crippen molar-refractivity contribution in [2.24, 2.45) is 5.92 Å². The Hall–Kier alpha value is -1.31. The van der Waals surface area contributed by atoms with Crippen molar-refractivity contribution in [2.45, 2.75) is 30.7 Å². The number of methoxy groups -OCH3 is 1. The average molecular weight is 348 g/mol. The van der Waals surface area contributed by atoms with Gasteiger partial charge in [0.1, 0.15) is 10.6 Å². The maximum absolute atomic E-state index is 12.9. The minimum absolute atomic E-state index is 0.0413. The Balaban J connectivity index is 2.44. The van der Waals surface area contributed by atoms with Gasteiger partial charge in [-0.25, -0.2) is 8.42 Å². The zero-order valence-corrected chi connectivity index (χ0v) is 13.9. The minimum atomic E-state index is -3.88. The van der Waals surface area contributed by atoms with Crippen LogP contribution in [0.15, 0.2) is 23.1 Å². The van der Waals surface area contributed by atoms with E-state index >= 15 is 0 Å². The number of ether oxygens (including phenoxy) is 1. The molecule has 0 radical (unpaired) electrons. The number of sulfonamides is 1. The van der Waals surface area contributed by atoms with Gasteiger partial charge in [0.05, 0.1) is 13.0 Å². The minimum Gasteiger partial charge on any atom is -0.495 e. The van der Waals surface area contributed by atoms with Gasteiger partial charge in [0.2, 0.25) is 10.0 Å². The predicted octanol–water partition coefficient (Wildman–Crippen LogP) is 2.22. The maximum Gasteiger partial charge on any atom is 0.307 e. The van der Waals surface area contributed by atoms with Crippen LogP contribution < -0.4 is 4.74 Å². The van der Waals surface area contributed by atoms with Gasteiger partial charge < -0.3 is 9.84 Å². The predicted molar refractivity (Wildman–Crippen MR) is 81.7 cm³/mol. The van der Waals surface area contributed by atoms with Gasteiger partial charge in [-0.05, 0) is 38.0 Å². The van der Waals surface area contributed by atoms with Crippen LogP contribution >= 0.6 is 11.6 Å². The Morgan fingerprint density at radius 3 is 2.68 bits per heavy atom. The summed E-state index contributed by atoms with van der Waals surface area (Å²) in [7, 11) is -2.51. The topological polar surface area (TPSA) is 83.9 Å². The number of carboxylic acids is 1. The monoisotopic (exact) mass is 347 g/mol. The molecule has 1 fully saturated rings. The van der Waals surface area contributed by atoms with Gasteiger partial charge in [0.25, 0.3) is 0 Å². The van der Waals surface area contributed by atoms with E-state index in [1.54, 1.807) is 13.0 Å². The highest BCUT2D eigenvalue weighted by Gasteiger charge is 2.38. The fraction of sp³-hybridized carbons (Fsp3) is 0.500. The molecular formula is C14H18ClNO5S. The Labute approximate surface area is 134 Å². The summed E-state index contributed by atoms with van der Waals surface area (Å²) < 4.78 is 32.1. The molecule has 1 saturated heterocycles. The van der Waals surface area contributed by atoms with Crippen LogP contribution in [-0.2, 0) is 14.8 Å². The zero-order valence-electron chi connectivity index (χ0n) is 12.3. The van der Waals surface area contributed by atoms with Crippen LogP contribution in [0.25, 0.3) is 0 Å². The number of benzene rings is 1. The molecule has 1 aromatic rings.